The second kappa shape index (κ2) is 5.66. The van der Waals surface area contributed by atoms with Crippen molar-refractivity contribution in [2.45, 2.75) is 18.8 Å². The van der Waals surface area contributed by atoms with Crippen LogP contribution < -0.4 is 0 Å². The number of aromatic nitrogens is 1. The maximum atomic E-state index is 12.1. The van der Waals surface area contributed by atoms with E-state index in [0.29, 0.717) is 5.69 Å². The third kappa shape index (κ3) is 4.89. The fourth-order valence-corrected chi connectivity index (χ4v) is 1.46. The van der Waals surface area contributed by atoms with E-state index in [2.05, 4.69) is 4.98 Å². The van der Waals surface area contributed by atoms with Gasteiger partial charge in [0, 0.05) is 13.1 Å². The van der Waals surface area contributed by atoms with E-state index in [4.69, 9.17) is 16.7 Å². The standard InChI is InChI=1S/C10H12ClF3N2O/c1-16(6-8(17)10(12,13)14)5-7-3-2-4-9(11)15-7/h2-4,8,17H,5-6H2,1H3. The van der Waals surface area contributed by atoms with Gasteiger partial charge in [0.2, 0.25) is 0 Å². The van der Waals surface area contributed by atoms with E-state index in [1.54, 1.807) is 18.2 Å². The SMILES string of the molecule is CN(Cc1cccc(Cl)n1)CC(O)C(F)(F)F. The molecular formula is C10H12ClF3N2O. The van der Waals surface area contributed by atoms with Gasteiger partial charge in [-0.25, -0.2) is 4.98 Å². The summed E-state index contributed by atoms with van der Waals surface area (Å²) in [6.45, 7) is -0.314. The lowest BCUT2D eigenvalue weighted by atomic mass is 10.3. The summed E-state index contributed by atoms with van der Waals surface area (Å²) in [4.78, 5) is 5.27. The molecule has 0 spiro atoms. The van der Waals surface area contributed by atoms with Gasteiger partial charge in [-0.15, -0.1) is 0 Å². The molecule has 17 heavy (non-hydrogen) atoms. The van der Waals surface area contributed by atoms with E-state index in [1.165, 1.54) is 11.9 Å². The van der Waals surface area contributed by atoms with Gasteiger partial charge in [-0.3, -0.25) is 4.90 Å². The predicted octanol–water partition coefficient (Wildman–Crippen LogP) is 2.09. The Morgan fingerprint density at radius 3 is 2.65 bits per heavy atom. The molecule has 1 atom stereocenters. The van der Waals surface area contributed by atoms with Crippen LogP contribution in [0.1, 0.15) is 5.69 Å². The van der Waals surface area contributed by atoms with E-state index in [0.717, 1.165) is 0 Å². The van der Waals surface area contributed by atoms with Crippen LogP contribution in [0.15, 0.2) is 18.2 Å². The second-order valence-corrected chi connectivity index (χ2v) is 4.09. The van der Waals surface area contributed by atoms with Gasteiger partial charge in [0.25, 0.3) is 0 Å². The van der Waals surface area contributed by atoms with Crippen LogP contribution >= 0.6 is 11.6 Å². The van der Waals surface area contributed by atoms with Gasteiger partial charge in [-0.1, -0.05) is 17.7 Å². The molecule has 0 saturated carbocycles. The van der Waals surface area contributed by atoms with Gasteiger partial charge >= 0.3 is 6.18 Å². The molecular weight excluding hydrogens is 257 g/mol. The summed E-state index contributed by atoms with van der Waals surface area (Å²) in [5, 5.41) is 9.16. The zero-order valence-electron chi connectivity index (χ0n) is 9.08. The number of halogens is 4. The molecule has 1 heterocycles. The second-order valence-electron chi connectivity index (χ2n) is 3.71. The number of nitrogens with zero attached hydrogens (tertiary/aromatic N) is 2. The minimum atomic E-state index is -4.60. The van der Waals surface area contributed by atoms with Crippen LogP contribution in [0.2, 0.25) is 5.15 Å². The minimum Gasteiger partial charge on any atom is -0.382 e. The molecule has 0 aromatic carbocycles. The summed E-state index contributed by atoms with van der Waals surface area (Å²) in [7, 11) is 1.47. The Bertz CT molecular complexity index is 373. The lowest BCUT2D eigenvalue weighted by Gasteiger charge is -2.21. The first kappa shape index (κ1) is 14.2. The van der Waals surface area contributed by atoms with E-state index < -0.39 is 18.8 Å². The highest BCUT2D eigenvalue weighted by Crippen LogP contribution is 2.20. The first-order chi connectivity index (χ1) is 7.79. The van der Waals surface area contributed by atoms with Gasteiger partial charge < -0.3 is 5.11 Å². The van der Waals surface area contributed by atoms with Gasteiger partial charge in [-0.2, -0.15) is 13.2 Å². The molecule has 1 unspecified atom stereocenters. The smallest absolute Gasteiger partial charge is 0.382 e. The molecule has 3 nitrogen and oxygen atoms in total. The predicted molar refractivity (Wildman–Crippen MR) is 57.6 cm³/mol. The molecule has 1 rings (SSSR count). The minimum absolute atomic E-state index is 0.188. The number of alkyl halides is 3. The zero-order chi connectivity index (χ0) is 13.1. The number of hydrogen-bond donors (Lipinski definition) is 1. The number of likely N-dealkylation sites (N-methyl/N-ethyl adjacent to an activating group) is 1. The van der Waals surface area contributed by atoms with Gasteiger partial charge in [0.1, 0.15) is 5.15 Å². The van der Waals surface area contributed by atoms with Crippen molar-refractivity contribution in [3.05, 3.63) is 29.0 Å². The van der Waals surface area contributed by atoms with Crippen molar-refractivity contribution in [2.75, 3.05) is 13.6 Å². The van der Waals surface area contributed by atoms with E-state index in [1.807, 2.05) is 0 Å². The summed E-state index contributed by atoms with van der Waals surface area (Å²) >= 11 is 5.65. The van der Waals surface area contributed by atoms with Crippen LogP contribution in [-0.2, 0) is 6.54 Å². The van der Waals surface area contributed by atoms with Crippen molar-refractivity contribution in [2.24, 2.45) is 0 Å². The molecule has 0 aliphatic carbocycles. The molecule has 1 aromatic rings. The molecule has 0 saturated heterocycles. The summed E-state index contributed by atoms with van der Waals surface area (Å²) in [6, 6.07) is 4.90. The van der Waals surface area contributed by atoms with Gasteiger partial charge in [0.05, 0.1) is 5.69 Å². The summed E-state index contributed by atoms with van der Waals surface area (Å²) in [5.74, 6) is 0. The summed E-state index contributed by atoms with van der Waals surface area (Å²) in [6.07, 6.45) is -6.96. The maximum Gasteiger partial charge on any atom is 0.415 e. The highest BCUT2D eigenvalue weighted by molar-refractivity contribution is 6.29. The van der Waals surface area contributed by atoms with Crippen LogP contribution in [0.4, 0.5) is 13.2 Å². The Kier molecular flexibility index (Phi) is 4.73. The number of rotatable bonds is 4. The van der Waals surface area contributed by atoms with E-state index in [-0.39, 0.29) is 11.7 Å². The third-order valence-corrected chi connectivity index (χ3v) is 2.28. The Hall–Kier alpha value is -0.850. The molecule has 0 radical (unpaired) electrons. The number of pyridine rings is 1. The number of hydrogen-bond acceptors (Lipinski definition) is 3. The molecule has 1 N–H and O–H groups in total. The van der Waals surface area contributed by atoms with Crippen LogP contribution in [0.25, 0.3) is 0 Å². The lowest BCUT2D eigenvalue weighted by molar-refractivity contribution is -0.207. The molecule has 1 aromatic heterocycles. The maximum absolute atomic E-state index is 12.1. The Balaban J connectivity index is 2.53. The van der Waals surface area contributed by atoms with Crippen molar-refractivity contribution in [3.63, 3.8) is 0 Å². The highest BCUT2D eigenvalue weighted by Gasteiger charge is 2.38. The average Bonchev–Trinajstić information content (AvgIpc) is 2.15. The van der Waals surface area contributed by atoms with Crippen LogP contribution in [0.5, 0.6) is 0 Å². The Morgan fingerprint density at radius 1 is 1.47 bits per heavy atom. The first-order valence-corrected chi connectivity index (χ1v) is 5.21. The first-order valence-electron chi connectivity index (χ1n) is 4.84. The molecule has 0 aliphatic rings. The topological polar surface area (TPSA) is 36.4 Å². The Morgan fingerprint density at radius 2 is 2.12 bits per heavy atom. The monoisotopic (exact) mass is 268 g/mol. The summed E-state index contributed by atoms with van der Waals surface area (Å²) < 4.78 is 36.3. The largest absolute Gasteiger partial charge is 0.415 e. The highest BCUT2D eigenvalue weighted by atomic mass is 35.5. The van der Waals surface area contributed by atoms with Crippen LogP contribution in [0, 0.1) is 0 Å². The molecule has 96 valence electrons. The molecule has 7 heteroatoms. The average molecular weight is 269 g/mol. The zero-order valence-corrected chi connectivity index (χ0v) is 9.83. The summed E-state index contributed by atoms with van der Waals surface area (Å²) in [5.41, 5.74) is 0.550. The van der Waals surface area contributed by atoms with E-state index >= 15 is 0 Å². The molecule has 0 amide bonds. The lowest BCUT2D eigenvalue weighted by Crippen LogP contribution is -2.39. The van der Waals surface area contributed by atoms with Crippen molar-refractivity contribution >= 4 is 11.6 Å². The van der Waals surface area contributed by atoms with Crippen molar-refractivity contribution in [1.82, 2.24) is 9.88 Å². The quantitative estimate of drug-likeness (QED) is 0.850. The normalized spacial score (nSPS) is 14.1. The van der Waals surface area contributed by atoms with Crippen LogP contribution in [0.3, 0.4) is 0 Å². The van der Waals surface area contributed by atoms with Crippen LogP contribution in [-0.4, -0.2) is 40.9 Å². The van der Waals surface area contributed by atoms with Gasteiger partial charge in [-0.05, 0) is 19.2 Å². The van der Waals surface area contributed by atoms with E-state index in [9.17, 15) is 13.2 Å². The Labute approximate surface area is 102 Å². The molecule has 0 fully saturated rings. The fraction of sp³-hybridized carbons (Fsp3) is 0.500. The molecule has 0 bridgehead atoms. The third-order valence-electron chi connectivity index (χ3n) is 2.07. The number of aliphatic hydroxyl groups is 1. The number of aliphatic hydroxyl groups excluding tert-OH is 1. The van der Waals surface area contributed by atoms with Crippen molar-refractivity contribution < 1.29 is 18.3 Å². The fourth-order valence-electron chi connectivity index (χ4n) is 1.28. The van der Waals surface area contributed by atoms with Gasteiger partial charge in [0.15, 0.2) is 6.10 Å². The van der Waals surface area contributed by atoms with Crippen molar-refractivity contribution in [1.29, 1.82) is 0 Å². The van der Waals surface area contributed by atoms with Crippen molar-refractivity contribution in [3.8, 4) is 0 Å². The molecule has 0 aliphatic heterocycles.